The van der Waals surface area contributed by atoms with Crippen LogP contribution in [0, 0.1) is 0 Å². The number of nitrogens with one attached hydrogen (secondary N) is 4. The summed E-state index contributed by atoms with van der Waals surface area (Å²) in [5.41, 5.74) is -1.70. The third-order valence-electron chi connectivity index (χ3n) is 10.4. The fraction of sp³-hybridized carbons (Fsp3) is 0.200. The van der Waals surface area contributed by atoms with E-state index in [1.165, 1.54) is 36.4 Å². The summed E-state index contributed by atoms with van der Waals surface area (Å²) in [5.74, 6) is -1.95. The second kappa shape index (κ2) is 22.2. The molecule has 0 amide bonds. The van der Waals surface area contributed by atoms with E-state index < -0.39 is 125 Å². The molecule has 6 aromatic rings. The van der Waals surface area contributed by atoms with Crippen LogP contribution in [0.1, 0.15) is 38.8 Å². The third-order valence-corrected chi connectivity index (χ3v) is 15.7. The Balaban J connectivity index is 1.35. The first-order chi connectivity index (χ1) is 35.2. The van der Waals surface area contributed by atoms with E-state index in [-0.39, 0.29) is 60.6 Å². The van der Waals surface area contributed by atoms with Crippen molar-refractivity contribution in [3.05, 3.63) is 83.9 Å². The first-order valence-electron chi connectivity index (χ1n) is 21.4. The maximum absolute atomic E-state index is 12.8. The van der Waals surface area contributed by atoms with Gasteiger partial charge in [0.15, 0.2) is 0 Å². The minimum atomic E-state index is -5.09. The highest BCUT2D eigenvalue weighted by Crippen LogP contribution is 2.33. The van der Waals surface area contributed by atoms with E-state index in [2.05, 4.69) is 51.2 Å². The number of aromatic nitrogens is 6. The van der Waals surface area contributed by atoms with Crippen LogP contribution >= 0.6 is 0 Å². The van der Waals surface area contributed by atoms with Gasteiger partial charge in [0.2, 0.25) is 35.7 Å². The molecule has 0 atom stereocenters. The smallest absolute Gasteiger partial charge is 0.296 e. The van der Waals surface area contributed by atoms with Crippen LogP contribution in [0.5, 0.6) is 0 Å². The number of benzene rings is 4. The Hall–Kier alpha value is -7.10. The predicted molar refractivity (Wildman–Crippen MR) is 273 cm³/mol. The summed E-state index contributed by atoms with van der Waals surface area (Å²) in [6.45, 7) is 8.06. The highest BCUT2D eigenvalue weighted by atomic mass is 32.2. The first-order valence-corrected chi connectivity index (χ1v) is 30.0. The largest absolute Gasteiger partial charge is 0.341 e. The van der Waals surface area contributed by atoms with Gasteiger partial charge in [-0.25, -0.2) is 0 Å². The van der Waals surface area contributed by atoms with Crippen molar-refractivity contribution in [1.29, 1.82) is 0 Å². The molecule has 6 rings (SSSR count). The predicted octanol–water partition coefficient (Wildman–Crippen LogP) is 4.37. The molecule has 30 nitrogen and oxygen atoms in total. The molecule has 0 fully saturated rings. The van der Waals surface area contributed by atoms with E-state index in [4.69, 9.17) is 0 Å². The highest BCUT2D eigenvalue weighted by molar-refractivity contribution is 7.87. The molecule has 0 aliphatic rings. The van der Waals surface area contributed by atoms with Crippen LogP contribution in [0.25, 0.3) is 12.2 Å². The summed E-state index contributed by atoms with van der Waals surface area (Å²) in [5, 5.41) is 10.2. The maximum atomic E-state index is 12.8. The molecule has 0 unspecified atom stereocenters. The fourth-order valence-electron chi connectivity index (χ4n) is 6.83. The summed E-state index contributed by atoms with van der Waals surface area (Å²) < 4.78 is 207. The van der Waals surface area contributed by atoms with Gasteiger partial charge < -0.3 is 31.1 Å². The zero-order valence-corrected chi connectivity index (χ0v) is 44.4. The summed E-state index contributed by atoms with van der Waals surface area (Å²) in [7, 11) is -30.0. The first kappa shape index (κ1) is 58.2. The molecule has 4 aromatic carbocycles. The molecule has 0 aliphatic carbocycles. The number of rotatable bonds is 22. The van der Waals surface area contributed by atoms with Crippen LogP contribution in [0.4, 0.5) is 58.4 Å². The van der Waals surface area contributed by atoms with E-state index >= 15 is 0 Å². The van der Waals surface area contributed by atoms with Gasteiger partial charge >= 0.3 is 0 Å². The van der Waals surface area contributed by atoms with Crippen molar-refractivity contribution in [2.45, 2.75) is 57.1 Å². The minimum Gasteiger partial charge on any atom is -0.341 e. The van der Waals surface area contributed by atoms with Crippen LogP contribution in [0.15, 0.2) is 102 Å². The van der Waals surface area contributed by atoms with Crippen molar-refractivity contribution in [3.63, 3.8) is 0 Å². The normalized spacial score (nSPS) is 12.6. The van der Waals surface area contributed by atoms with Gasteiger partial charge in [-0.15, -0.1) is 0 Å². The molecule has 0 saturated heterocycles. The Morgan fingerprint density at radius 3 is 0.921 bits per heavy atom. The number of hydrogen-bond acceptors (Lipinski definition) is 24. The molecular formula is C40H44N12O18S6. The molecule has 0 bridgehead atoms. The average molecular weight is 1170 g/mol. The zero-order valence-electron chi connectivity index (χ0n) is 39.5. The molecule has 10 N–H and O–H groups in total. The van der Waals surface area contributed by atoms with Gasteiger partial charge in [0.05, 0.1) is 32.5 Å². The van der Waals surface area contributed by atoms with E-state index in [1.54, 1.807) is 37.5 Å². The van der Waals surface area contributed by atoms with Crippen LogP contribution < -0.4 is 31.1 Å². The van der Waals surface area contributed by atoms with E-state index in [0.717, 1.165) is 12.1 Å². The van der Waals surface area contributed by atoms with Crippen molar-refractivity contribution in [1.82, 2.24) is 29.9 Å². The van der Waals surface area contributed by atoms with Crippen LogP contribution in [0.3, 0.4) is 0 Å². The quantitative estimate of drug-likeness (QED) is 0.0333. The molecule has 2 heterocycles. The molecule has 2 aromatic heterocycles. The zero-order chi connectivity index (χ0) is 56.3. The SMILES string of the molecule is CCN(CC)c1nc(Nc2cc(S(=O)(=O)O)ccc2S(=O)(=O)O)nc(Nc2ccc(C=Cc3ccc(Nc4nc(Nc5cc(S(=O)(=O)O)ccc5S(=O)(=O)O)nc(N(CC)CC)n4)c(S(=O)(=O)O)c3)cc2S(=O)(=O)O)n1. The lowest BCUT2D eigenvalue weighted by Crippen LogP contribution is -2.25. The van der Waals surface area contributed by atoms with Gasteiger partial charge in [0.1, 0.15) is 19.6 Å². The van der Waals surface area contributed by atoms with Gasteiger partial charge in [-0.3, -0.25) is 27.3 Å². The molecule has 408 valence electrons. The van der Waals surface area contributed by atoms with Crippen molar-refractivity contribution in [2.24, 2.45) is 0 Å². The van der Waals surface area contributed by atoms with Crippen molar-refractivity contribution in [3.8, 4) is 0 Å². The lowest BCUT2D eigenvalue weighted by molar-refractivity contribution is 0.479. The summed E-state index contributed by atoms with van der Waals surface area (Å²) in [6.07, 6.45) is 2.59. The summed E-state index contributed by atoms with van der Waals surface area (Å²) >= 11 is 0. The molecule has 0 spiro atoms. The topological polar surface area (TPSA) is 458 Å². The number of nitrogens with zero attached hydrogens (tertiary/aromatic N) is 8. The van der Waals surface area contributed by atoms with Crippen molar-refractivity contribution in [2.75, 3.05) is 57.2 Å². The Bertz CT molecular complexity index is 3720. The van der Waals surface area contributed by atoms with Crippen LogP contribution in [-0.4, -0.2) is 134 Å². The number of anilines is 10. The van der Waals surface area contributed by atoms with Gasteiger partial charge in [-0.1, -0.05) is 24.3 Å². The van der Waals surface area contributed by atoms with Gasteiger partial charge in [-0.2, -0.15) is 80.4 Å². The Morgan fingerprint density at radius 2 is 0.658 bits per heavy atom. The minimum absolute atomic E-state index is 0.0821. The van der Waals surface area contributed by atoms with Gasteiger partial charge in [0.25, 0.3) is 60.7 Å². The monoisotopic (exact) mass is 1170 g/mol. The second-order valence-electron chi connectivity index (χ2n) is 15.4. The van der Waals surface area contributed by atoms with Gasteiger partial charge in [-0.05, 0) is 99.5 Å². The van der Waals surface area contributed by atoms with E-state index in [0.29, 0.717) is 36.4 Å². The Morgan fingerprint density at radius 1 is 0.368 bits per heavy atom. The molecule has 36 heteroatoms. The van der Waals surface area contributed by atoms with E-state index in [9.17, 15) is 77.8 Å². The van der Waals surface area contributed by atoms with E-state index in [1.807, 2.05) is 0 Å². The van der Waals surface area contributed by atoms with Crippen LogP contribution in [-0.2, 0) is 60.7 Å². The molecule has 76 heavy (non-hydrogen) atoms. The molecule has 0 radical (unpaired) electrons. The molecule has 0 aliphatic heterocycles. The van der Waals surface area contributed by atoms with Crippen molar-refractivity contribution >= 4 is 131 Å². The second-order valence-corrected chi connectivity index (χ2v) is 23.8. The Kier molecular flexibility index (Phi) is 17.0. The lowest BCUT2D eigenvalue weighted by atomic mass is 10.1. The van der Waals surface area contributed by atoms with Gasteiger partial charge in [0, 0.05) is 26.2 Å². The fourth-order valence-corrected chi connectivity index (χ4v) is 10.5. The standard InChI is InChI=1S/C40H44N12O18S6/c1-5-51(6-2)39-47-35(45-37(49-39)43-29-21-25(71(53,54)55)13-17-31(29)73(59,60)61)41-27-15-11-23(19-33(27)75(65,66)67)9-10-24-12-16-28(34(20-24)76(68,69)70)42-36-46-38(50-40(48-36)52(7-3)8-4)44-30-22-26(72(56,57)58)14-18-32(30)74(62,63)64/h9-22H,5-8H2,1-4H3,(H,53,54,55)(H,56,57,58)(H,59,60,61)(H,62,63,64)(H,65,66,67)(H,68,69,70)(H2,41,43,45,47,49)(H2,42,44,46,48,50). The number of hydrogen-bond donors (Lipinski definition) is 10. The maximum Gasteiger partial charge on any atom is 0.296 e. The van der Waals surface area contributed by atoms with Crippen molar-refractivity contribution < 1.29 is 77.8 Å². The lowest BCUT2D eigenvalue weighted by Gasteiger charge is -2.20. The molecular weight excluding hydrogens is 1130 g/mol. The summed E-state index contributed by atoms with van der Waals surface area (Å²) in [4.78, 5) is 23.8. The molecule has 0 saturated carbocycles. The van der Waals surface area contributed by atoms with Crippen LogP contribution in [0.2, 0.25) is 0 Å². The summed E-state index contributed by atoms with van der Waals surface area (Å²) in [6, 6.07) is 11.2. The third kappa shape index (κ3) is 14.4. The Labute approximate surface area is 434 Å². The average Bonchev–Trinajstić information content (AvgIpc) is 3.30. The highest BCUT2D eigenvalue weighted by Gasteiger charge is 2.26.